The van der Waals surface area contributed by atoms with E-state index in [2.05, 4.69) is 10.6 Å². The SMILES string of the molecule is CSC1(CNC(=O)N[C@@H](CC(N)=O)C(=O)O)CC1. The molecular weight excluding hydrogens is 258 g/mol. The molecule has 102 valence electrons. The Kier molecular flexibility index (Phi) is 4.83. The van der Waals surface area contributed by atoms with Gasteiger partial charge in [-0.1, -0.05) is 0 Å². The van der Waals surface area contributed by atoms with Gasteiger partial charge in [0, 0.05) is 11.3 Å². The molecule has 1 fully saturated rings. The highest BCUT2D eigenvalue weighted by atomic mass is 32.2. The van der Waals surface area contributed by atoms with Gasteiger partial charge in [-0.25, -0.2) is 9.59 Å². The van der Waals surface area contributed by atoms with Crippen molar-refractivity contribution in [1.82, 2.24) is 10.6 Å². The first-order chi connectivity index (χ1) is 8.38. The Balaban J connectivity index is 2.36. The summed E-state index contributed by atoms with van der Waals surface area (Å²) in [7, 11) is 0. The fourth-order valence-corrected chi connectivity index (χ4v) is 2.17. The molecule has 0 aliphatic heterocycles. The molecule has 0 radical (unpaired) electrons. The molecule has 0 aromatic heterocycles. The summed E-state index contributed by atoms with van der Waals surface area (Å²) < 4.78 is 0.0970. The number of primary amides is 1. The fourth-order valence-electron chi connectivity index (χ4n) is 1.44. The number of carbonyl (C=O) groups excluding carboxylic acids is 2. The van der Waals surface area contributed by atoms with Crippen LogP contribution in [0.2, 0.25) is 0 Å². The number of rotatable bonds is 7. The van der Waals surface area contributed by atoms with Crippen LogP contribution in [-0.2, 0) is 9.59 Å². The van der Waals surface area contributed by atoms with Crippen molar-refractivity contribution in [3.63, 3.8) is 0 Å². The summed E-state index contributed by atoms with van der Waals surface area (Å²) in [6, 6.07) is -1.88. The zero-order valence-electron chi connectivity index (χ0n) is 10.1. The van der Waals surface area contributed by atoms with E-state index in [1.807, 2.05) is 6.26 Å². The van der Waals surface area contributed by atoms with E-state index in [0.29, 0.717) is 6.54 Å². The van der Waals surface area contributed by atoms with Crippen LogP contribution in [0.25, 0.3) is 0 Å². The number of nitrogens with one attached hydrogen (secondary N) is 2. The molecule has 1 aliphatic carbocycles. The van der Waals surface area contributed by atoms with Gasteiger partial charge >= 0.3 is 12.0 Å². The molecule has 0 aromatic rings. The number of hydrogen-bond donors (Lipinski definition) is 4. The van der Waals surface area contributed by atoms with Gasteiger partial charge in [-0.3, -0.25) is 4.79 Å². The third kappa shape index (κ3) is 4.44. The number of urea groups is 1. The molecule has 18 heavy (non-hydrogen) atoms. The van der Waals surface area contributed by atoms with Crippen LogP contribution < -0.4 is 16.4 Å². The number of carbonyl (C=O) groups is 3. The van der Waals surface area contributed by atoms with E-state index in [1.54, 1.807) is 11.8 Å². The second kappa shape index (κ2) is 5.94. The lowest BCUT2D eigenvalue weighted by Gasteiger charge is -2.16. The molecule has 3 amide bonds. The lowest BCUT2D eigenvalue weighted by atomic mass is 10.2. The standard InChI is InChI=1S/C10H17N3O4S/c1-18-10(2-3-10)5-12-9(17)13-6(8(15)16)4-7(11)14/h6H,2-5H2,1H3,(H2,11,14)(H,15,16)(H2,12,13,17)/t6-/m0/s1. The molecular formula is C10H17N3O4S. The van der Waals surface area contributed by atoms with Crippen LogP contribution >= 0.6 is 11.8 Å². The van der Waals surface area contributed by atoms with Crippen molar-refractivity contribution in [1.29, 1.82) is 0 Å². The highest BCUT2D eigenvalue weighted by Crippen LogP contribution is 2.46. The Morgan fingerprint density at radius 1 is 1.44 bits per heavy atom. The second-order valence-electron chi connectivity index (χ2n) is 4.28. The van der Waals surface area contributed by atoms with Crippen molar-refractivity contribution in [2.75, 3.05) is 12.8 Å². The Morgan fingerprint density at radius 3 is 2.44 bits per heavy atom. The molecule has 1 aliphatic rings. The fraction of sp³-hybridized carbons (Fsp3) is 0.700. The van der Waals surface area contributed by atoms with E-state index in [-0.39, 0.29) is 4.75 Å². The van der Waals surface area contributed by atoms with Crippen LogP contribution in [0, 0.1) is 0 Å². The molecule has 1 atom stereocenters. The van der Waals surface area contributed by atoms with Gasteiger partial charge in [0.25, 0.3) is 0 Å². The monoisotopic (exact) mass is 275 g/mol. The molecule has 1 rings (SSSR count). The maximum Gasteiger partial charge on any atom is 0.326 e. The smallest absolute Gasteiger partial charge is 0.326 e. The molecule has 0 aromatic carbocycles. The van der Waals surface area contributed by atoms with Crippen LogP contribution in [0.5, 0.6) is 0 Å². The normalized spacial score (nSPS) is 17.6. The minimum Gasteiger partial charge on any atom is -0.480 e. The number of carboxylic acid groups (broad SMARTS) is 1. The van der Waals surface area contributed by atoms with Gasteiger partial charge in [0.1, 0.15) is 6.04 Å². The van der Waals surface area contributed by atoms with E-state index in [0.717, 1.165) is 12.8 Å². The van der Waals surface area contributed by atoms with Gasteiger partial charge in [0.2, 0.25) is 5.91 Å². The highest BCUT2D eigenvalue weighted by molar-refractivity contribution is 8.00. The average molecular weight is 275 g/mol. The van der Waals surface area contributed by atoms with E-state index in [1.165, 1.54) is 0 Å². The van der Waals surface area contributed by atoms with E-state index < -0.39 is 30.4 Å². The first-order valence-electron chi connectivity index (χ1n) is 5.49. The lowest BCUT2D eigenvalue weighted by Crippen LogP contribution is -2.49. The van der Waals surface area contributed by atoms with Crippen LogP contribution in [0.15, 0.2) is 0 Å². The van der Waals surface area contributed by atoms with Gasteiger partial charge in [-0.15, -0.1) is 0 Å². The number of thioether (sulfide) groups is 1. The predicted octanol–water partition coefficient (Wildman–Crippen LogP) is -0.490. The van der Waals surface area contributed by atoms with E-state index >= 15 is 0 Å². The van der Waals surface area contributed by atoms with Gasteiger partial charge in [-0.2, -0.15) is 11.8 Å². The molecule has 8 heteroatoms. The summed E-state index contributed by atoms with van der Waals surface area (Å²) in [4.78, 5) is 32.9. The Morgan fingerprint density at radius 2 is 2.06 bits per heavy atom. The van der Waals surface area contributed by atoms with Crippen LogP contribution in [0.1, 0.15) is 19.3 Å². The molecule has 0 spiro atoms. The summed E-state index contributed by atoms with van der Waals surface area (Å²) in [6.07, 6.45) is 3.63. The maximum atomic E-state index is 11.5. The highest BCUT2D eigenvalue weighted by Gasteiger charge is 2.42. The molecule has 0 heterocycles. The van der Waals surface area contributed by atoms with Crippen LogP contribution in [0.4, 0.5) is 4.79 Å². The van der Waals surface area contributed by atoms with Crippen molar-refractivity contribution in [2.24, 2.45) is 5.73 Å². The van der Waals surface area contributed by atoms with Gasteiger partial charge in [0.05, 0.1) is 6.42 Å². The number of hydrogen-bond acceptors (Lipinski definition) is 4. The summed E-state index contributed by atoms with van der Waals surface area (Å²) in [5, 5.41) is 13.6. The number of carboxylic acids is 1. The number of aliphatic carboxylic acids is 1. The summed E-state index contributed by atoms with van der Waals surface area (Å²) >= 11 is 1.68. The largest absolute Gasteiger partial charge is 0.480 e. The minimum absolute atomic E-state index is 0.0970. The first-order valence-corrected chi connectivity index (χ1v) is 6.72. The van der Waals surface area contributed by atoms with Crippen molar-refractivity contribution in [3.8, 4) is 0 Å². The first kappa shape index (κ1) is 14.6. The third-order valence-electron chi connectivity index (χ3n) is 2.82. The molecule has 0 saturated heterocycles. The van der Waals surface area contributed by atoms with Gasteiger partial charge in [-0.05, 0) is 19.1 Å². The van der Waals surface area contributed by atoms with Crippen LogP contribution in [-0.4, -0.2) is 46.6 Å². The summed E-state index contributed by atoms with van der Waals surface area (Å²) in [5.41, 5.74) is 4.90. The number of amides is 3. The van der Waals surface area contributed by atoms with Crippen molar-refractivity contribution in [3.05, 3.63) is 0 Å². The second-order valence-corrected chi connectivity index (χ2v) is 5.55. The van der Waals surface area contributed by atoms with Crippen LogP contribution in [0.3, 0.4) is 0 Å². The molecule has 1 saturated carbocycles. The summed E-state index contributed by atoms with van der Waals surface area (Å²) in [6.45, 7) is 0.489. The zero-order chi connectivity index (χ0) is 13.8. The number of nitrogens with two attached hydrogens (primary N) is 1. The Labute approximate surface area is 109 Å². The zero-order valence-corrected chi connectivity index (χ0v) is 10.9. The topological polar surface area (TPSA) is 122 Å². The van der Waals surface area contributed by atoms with Crippen molar-refractivity contribution >= 4 is 29.7 Å². The molecule has 5 N–H and O–H groups in total. The van der Waals surface area contributed by atoms with E-state index in [4.69, 9.17) is 10.8 Å². The molecule has 7 nitrogen and oxygen atoms in total. The van der Waals surface area contributed by atoms with Gasteiger partial charge < -0.3 is 21.5 Å². The average Bonchev–Trinajstić information content (AvgIpc) is 3.05. The maximum absolute atomic E-state index is 11.5. The Bertz CT molecular complexity index is 357. The third-order valence-corrected chi connectivity index (χ3v) is 4.24. The van der Waals surface area contributed by atoms with Crippen molar-refractivity contribution < 1.29 is 19.5 Å². The minimum atomic E-state index is -1.29. The van der Waals surface area contributed by atoms with Gasteiger partial charge in [0.15, 0.2) is 0 Å². The quantitative estimate of drug-likeness (QED) is 0.499. The summed E-state index contributed by atoms with van der Waals surface area (Å²) in [5.74, 6) is -2.06. The Hall–Kier alpha value is -1.44. The molecule has 0 bridgehead atoms. The molecule has 0 unspecified atom stereocenters. The lowest BCUT2D eigenvalue weighted by molar-refractivity contribution is -0.140. The van der Waals surface area contributed by atoms with Crippen molar-refractivity contribution in [2.45, 2.75) is 30.1 Å². The predicted molar refractivity (Wildman–Crippen MR) is 67.2 cm³/mol. The van der Waals surface area contributed by atoms with E-state index in [9.17, 15) is 14.4 Å².